The molecule has 0 amide bonds. The molecular weight excluding hydrogens is 260 g/mol. The topological polar surface area (TPSA) is 77.8 Å². The Morgan fingerprint density at radius 1 is 1.47 bits per heavy atom. The minimum atomic E-state index is 0.478. The molecule has 0 aliphatic rings. The van der Waals surface area contributed by atoms with Gasteiger partial charge in [0, 0.05) is 23.6 Å². The normalized spacial score (nSPS) is 10.5. The molecule has 2 aromatic rings. The summed E-state index contributed by atoms with van der Waals surface area (Å²) in [5.41, 5.74) is 6.06. The fourth-order valence-corrected chi connectivity index (χ4v) is 1.56. The Morgan fingerprint density at radius 3 is 3.07 bits per heavy atom. The zero-order chi connectivity index (χ0) is 10.7. The molecule has 15 heavy (non-hydrogen) atoms. The Hall–Kier alpha value is -1.27. The van der Waals surface area contributed by atoms with E-state index in [1.165, 1.54) is 0 Å². The van der Waals surface area contributed by atoms with Gasteiger partial charge in [-0.15, -0.1) is 0 Å². The van der Waals surface area contributed by atoms with Gasteiger partial charge in [0.05, 0.1) is 0 Å². The first-order valence-electron chi connectivity index (χ1n) is 4.45. The second kappa shape index (κ2) is 4.50. The molecule has 0 bridgehead atoms. The van der Waals surface area contributed by atoms with Crippen LogP contribution in [-0.2, 0) is 6.42 Å². The molecule has 2 rings (SSSR count). The molecule has 6 heteroatoms. The van der Waals surface area contributed by atoms with Crippen LogP contribution in [0.2, 0.25) is 0 Å². The predicted octanol–water partition coefficient (Wildman–Crippen LogP) is 1.40. The van der Waals surface area contributed by atoms with E-state index in [-0.39, 0.29) is 0 Å². The maximum absolute atomic E-state index is 5.39. The predicted molar refractivity (Wildman–Crippen MR) is 58.0 cm³/mol. The largest absolute Gasteiger partial charge is 0.339 e. The van der Waals surface area contributed by atoms with Crippen LogP contribution in [0, 0.1) is 0 Å². The van der Waals surface area contributed by atoms with Gasteiger partial charge in [0.25, 0.3) is 0 Å². The van der Waals surface area contributed by atoms with Crippen LogP contribution in [0.25, 0.3) is 11.5 Å². The van der Waals surface area contributed by atoms with Crippen molar-refractivity contribution in [1.29, 1.82) is 0 Å². The lowest BCUT2D eigenvalue weighted by Crippen LogP contribution is -2.02. The summed E-state index contributed by atoms with van der Waals surface area (Å²) in [5, 5.41) is 3.83. The van der Waals surface area contributed by atoms with Crippen LogP contribution in [0.3, 0.4) is 0 Å². The number of pyridine rings is 1. The molecule has 2 heterocycles. The third-order valence-electron chi connectivity index (χ3n) is 1.80. The zero-order valence-electron chi connectivity index (χ0n) is 7.85. The maximum Gasteiger partial charge on any atom is 0.228 e. The van der Waals surface area contributed by atoms with Gasteiger partial charge in [0.2, 0.25) is 11.7 Å². The van der Waals surface area contributed by atoms with Gasteiger partial charge in [0.1, 0.15) is 5.69 Å². The quantitative estimate of drug-likeness (QED) is 0.911. The Balaban J connectivity index is 2.33. The van der Waals surface area contributed by atoms with E-state index in [2.05, 4.69) is 31.1 Å². The zero-order valence-corrected chi connectivity index (χ0v) is 9.44. The molecule has 78 valence electrons. The van der Waals surface area contributed by atoms with Crippen molar-refractivity contribution in [3.8, 4) is 11.5 Å². The molecular formula is C9H9BrN4O. The van der Waals surface area contributed by atoms with E-state index in [1.54, 1.807) is 6.20 Å². The van der Waals surface area contributed by atoms with Gasteiger partial charge >= 0.3 is 0 Å². The van der Waals surface area contributed by atoms with Crippen LogP contribution >= 0.6 is 15.9 Å². The Kier molecular flexibility index (Phi) is 3.08. The van der Waals surface area contributed by atoms with Crippen LogP contribution in [0.15, 0.2) is 27.3 Å². The highest BCUT2D eigenvalue weighted by Gasteiger charge is 2.11. The number of aromatic nitrogens is 3. The van der Waals surface area contributed by atoms with Gasteiger partial charge in [-0.2, -0.15) is 4.98 Å². The summed E-state index contributed by atoms with van der Waals surface area (Å²) in [4.78, 5) is 8.34. The minimum Gasteiger partial charge on any atom is -0.339 e. The summed E-state index contributed by atoms with van der Waals surface area (Å²) in [6.07, 6.45) is 2.26. The van der Waals surface area contributed by atoms with E-state index < -0.39 is 0 Å². The molecule has 0 spiro atoms. The molecule has 0 aromatic carbocycles. The summed E-state index contributed by atoms with van der Waals surface area (Å²) in [5.74, 6) is 1.01. The lowest BCUT2D eigenvalue weighted by Gasteiger charge is -1.95. The van der Waals surface area contributed by atoms with Crippen molar-refractivity contribution in [2.45, 2.75) is 6.42 Å². The number of nitrogens with two attached hydrogens (primary N) is 1. The molecule has 0 fully saturated rings. The second-order valence-electron chi connectivity index (χ2n) is 2.88. The van der Waals surface area contributed by atoms with Crippen molar-refractivity contribution >= 4 is 15.9 Å². The van der Waals surface area contributed by atoms with E-state index in [9.17, 15) is 0 Å². The van der Waals surface area contributed by atoms with E-state index in [1.807, 2.05) is 12.1 Å². The summed E-state index contributed by atoms with van der Waals surface area (Å²) >= 11 is 3.37. The highest BCUT2D eigenvalue weighted by atomic mass is 79.9. The summed E-state index contributed by atoms with van der Waals surface area (Å²) in [7, 11) is 0. The molecule has 0 saturated carbocycles. The SMILES string of the molecule is NCCc1nc(-c2ncccc2Br)no1. The van der Waals surface area contributed by atoms with E-state index in [0.29, 0.717) is 30.4 Å². The molecule has 0 aliphatic heterocycles. The lowest BCUT2D eigenvalue weighted by atomic mass is 10.3. The highest BCUT2D eigenvalue weighted by molar-refractivity contribution is 9.10. The van der Waals surface area contributed by atoms with Gasteiger partial charge in [-0.3, -0.25) is 4.98 Å². The number of rotatable bonds is 3. The smallest absolute Gasteiger partial charge is 0.228 e. The summed E-state index contributed by atoms with van der Waals surface area (Å²) < 4.78 is 5.85. The second-order valence-corrected chi connectivity index (χ2v) is 3.74. The first kappa shape index (κ1) is 10.3. The van der Waals surface area contributed by atoms with Gasteiger partial charge in [-0.1, -0.05) is 5.16 Å². The molecule has 2 aromatic heterocycles. The number of nitrogens with zero attached hydrogens (tertiary/aromatic N) is 3. The van der Waals surface area contributed by atoms with Gasteiger partial charge in [-0.05, 0) is 28.1 Å². The van der Waals surface area contributed by atoms with Crippen molar-refractivity contribution < 1.29 is 4.52 Å². The third kappa shape index (κ3) is 2.21. The van der Waals surface area contributed by atoms with Crippen molar-refractivity contribution in [2.24, 2.45) is 5.73 Å². The molecule has 0 aliphatic carbocycles. The molecule has 0 atom stereocenters. The maximum atomic E-state index is 5.39. The molecule has 0 unspecified atom stereocenters. The van der Waals surface area contributed by atoms with Crippen LogP contribution in [0.5, 0.6) is 0 Å². The Bertz CT molecular complexity index is 457. The minimum absolute atomic E-state index is 0.478. The van der Waals surface area contributed by atoms with Crippen molar-refractivity contribution in [2.75, 3.05) is 6.54 Å². The fraction of sp³-hybridized carbons (Fsp3) is 0.222. The van der Waals surface area contributed by atoms with Crippen molar-refractivity contribution in [3.05, 3.63) is 28.7 Å². The average Bonchev–Trinajstić information content (AvgIpc) is 2.68. The first-order chi connectivity index (χ1) is 7.31. The van der Waals surface area contributed by atoms with E-state index in [4.69, 9.17) is 10.3 Å². The van der Waals surface area contributed by atoms with E-state index in [0.717, 1.165) is 4.47 Å². The third-order valence-corrected chi connectivity index (χ3v) is 2.44. The molecule has 0 radical (unpaired) electrons. The van der Waals surface area contributed by atoms with Gasteiger partial charge in [0.15, 0.2) is 0 Å². The first-order valence-corrected chi connectivity index (χ1v) is 5.24. The van der Waals surface area contributed by atoms with Gasteiger partial charge < -0.3 is 10.3 Å². The van der Waals surface area contributed by atoms with Crippen LogP contribution in [0.1, 0.15) is 5.89 Å². The van der Waals surface area contributed by atoms with E-state index >= 15 is 0 Å². The summed E-state index contributed by atoms with van der Waals surface area (Å²) in [6, 6.07) is 3.70. The Labute approximate surface area is 94.8 Å². The lowest BCUT2D eigenvalue weighted by molar-refractivity contribution is 0.380. The monoisotopic (exact) mass is 268 g/mol. The van der Waals surface area contributed by atoms with Crippen molar-refractivity contribution in [1.82, 2.24) is 15.1 Å². The van der Waals surface area contributed by atoms with Crippen LogP contribution in [0.4, 0.5) is 0 Å². The highest BCUT2D eigenvalue weighted by Crippen LogP contribution is 2.22. The van der Waals surface area contributed by atoms with Crippen LogP contribution < -0.4 is 5.73 Å². The summed E-state index contributed by atoms with van der Waals surface area (Å²) in [6.45, 7) is 0.491. The Morgan fingerprint density at radius 2 is 2.33 bits per heavy atom. The standard InChI is InChI=1S/C9H9BrN4O/c10-6-2-1-5-12-8(6)9-13-7(3-4-11)15-14-9/h1-2,5H,3-4,11H2. The number of hydrogen-bond donors (Lipinski definition) is 1. The van der Waals surface area contributed by atoms with Crippen LogP contribution in [-0.4, -0.2) is 21.7 Å². The van der Waals surface area contributed by atoms with Crippen molar-refractivity contribution in [3.63, 3.8) is 0 Å². The number of hydrogen-bond acceptors (Lipinski definition) is 5. The molecule has 5 nitrogen and oxygen atoms in total. The molecule has 0 saturated heterocycles. The van der Waals surface area contributed by atoms with Gasteiger partial charge in [-0.25, -0.2) is 0 Å². The fourth-order valence-electron chi connectivity index (χ4n) is 1.13. The molecule has 2 N–H and O–H groups in total. The average molecular weight is 269 g/mol. The number of halogens is 1.